The van der Waals surface area contributed by atoms with E-state index in [4.69, 9.17) is 28.8 Å². The smallest absolute Gasteiger partial charge is 0.479 e. The van der Waals surface area contributed by atoms with Gasteiger partial charge >= 0.3 is 24.3 Å². The third-order valence-electron chi connectivity index (χ3n) is 6.41. The van der Waals surface area contributed by atoms with Crippen LogP contribution in [0.3, 0.4) is 0 Å². The molecule has 1 saturated heterocycles. The monoisotopic (exact) mass is 657 g/mol. The van der Waals surface area contributed by atoms with Gasteiger partial charge in [0.1, 0.15) is 37.3 Å². The molecule has 3 aromatic carbocycles. The SMILES string of the molecule is O=C(Nc1ccc(COC(=O)Oc2ccc([N+](=O)[O-])cc2)cc1)OCc1ccc(NC(=O)OC2OC(C(=O)O)C(O)C(O)C2O)cc1. The van der Waals surface area contributed by atoms with E-state index in [2.05, 4.69) is 10.6 Å². The van der Waals surface area contributed by atoms with Crippen molar-refractivity contribution in [3.05, 3.63) is 94.0 Å². The summed E-state index contributed by atoms with van der Waals surface area (Å²) in [5.74, 6) is -1.56. The van der Waals surface area contributed by atoms with Gasteiger partial charge in [0.25, 0.3) is 5.69 Å². The molecule has 0 aromatic heterocycles. The van der Waals surface area contributed by atoms with Crippen LogP contribution in [0.4, 0.5) is 31.4 Å². The summed E-state index contributed by atoms with van der Waals surface area (Å²) in [5.41, 5.74) is 1.56. The van der Waals surface area contributed by atoms with Crippen LogP contribution in [0.2, 0.25) is 0 Å². The van der Waals surface area contributed by atoms with E-state index in [1.807, 2.05) is 0 Å². The van der Waals surface area contributed by atoms with Crippen LogP contribution in [0.25, 0.3) is 0 Å². The molecule has 1 aliphatic heterocycles. The van der Waals surface area contributed by atoms with Gasteiger partial charge in [-0.3, -0.25) is 20.7 Å². The van der Waals surface area contributed by atoms with Gasteiger partial charge in [0.15, 0.2) is 6.10 Å². The molecular weight excluding hydrogens is 630 g/mol. The number of nitrogens with one attached hydrogen (secondary N) is 2. The molecule has 1 fully saturated rings. The zero-order chi connectivity index (χ0) is 34.1. The van der Waals surface area contributed by atoms with Crippen LogP contribution in [0.1, 0.15) is 11.1 Å². The number of aliphatic hydroxyl groups is 3. The molecule has 0 aliphatic carbocycles. The maximum absolute atomic E-state index is 12.2. The van der Waals surface area contributed by atoms with Crippen molar-refractivity contribution in [2.24, 2.45) is 0 Å². The number of nitro benzene ring substituents is 1. The highest BCUT2D eigenvalue weighted by atomic mass is 16.7. The van der Waals surface area contributed by atoms with Crippen LogP contribution in [0.15, 0.2) is 72.8 Å². The summed E-state index contributed by atoms with van der Waals surface area (Å²) in [4.78, 5) is 57.6. The summed E-state index contributed by atoms with van der Waals surface area (Å²) in [6.07, 6.45) is -12.5. The van der Waals surface area contributed by atoms with Gasteiger partial charge in [-0.1, -0.05) is 24.3 Å². The van der Waals surface area contributed by atoms with Crippen molar-refractivity contribution in [3.8, 4) is 5.75 Å². The molecule has 248 valence electrons. The maximum Gasteiger partial charge on any atom is 0.514 e. The number of hydrogen-bond acceptors (Lipinski definition) is 14. The maximum atomic E-state index is 12.2. The lowest BCUT2D eigenvalue weighted by molar-refractivity contribution is -0.384. The van der Waals surface area contributed by atoms with E-state index in [0.717, 1.165) is 0 Å². The van der Waals surface area contributed by atoms with Gasteiger partial charge < -0.3 is 44.1 Å². The number of non-ortho nitro benzene ring substituents is 1. The lowest BCUT2D eigenvalue weighted by atomic mass is 9.99. The molecule has 1 heterocycles. The summed E-state index contributed by atoms with van der Waals surface area (Å²) in [5, 5.41) is 54.1. The van der Waals surface area contributed by atoms with Gasteiger partial charge in [0.2, 0.25) is 6.29 Å². The summed E-state index contributed by atoms with van der Waals surface area (Å²) in [6, 6.07) is 17.1. The van der Waals surface area contributed by atoms with Gasteiger partial charge in [-0.2, -0.15) is 0 Å². The molecule has 2 amide bonds. The summed E-state index contributed by atoms with van der Waals surface area (Å²) in [7, 11) is 0. The Hall–Kier alpha value is -5.82. The molecule has 1 aliphatic rings. The van der Waals surface area contributed by atoms with Gasteiger partial charge in [0.05, 0.1) is 4.92 Å². The van der Waals surface area contributed by atoms with E-state index < -0.39 is 59.9 Å². The molecule has 0 bridgehead atoms. The van der Waals surface area contributed by atoms with Crippen molar-refractivity contribution in [1.29, 1.82) is 0 Å². The number of aliphatic carboxylic acids is 1. The molecular formula is C29H27N3O15. The van der Waals surface area contributed by atoms with E-state index in [0.29, 0.717) is 16.8 Å². The molecule has 0 saturated carbocycles. The Morgan fingerprint density at radius 1 is 0.745 bits per heavy atom. The zero-order valence-electron chi connectivity index (χ0n) is 24.0. The molecule has 18 heteroatoms. The largest absolute Gasteiger partial charge is 0.514 e. The van der Waals surface area contributed by atoms with Crippen molar-refractivity contribution in [1.82, 2.24) is 0 Å². The number of anilines is 2. The van der Waals surface area contributed by atoms with E-state index in [-0.39, 0.29) is 30.3 Å². The molecule has 3 aromatic rings. The highest BCUT2D eigenvalue weighted by Gasteiger charge is 2.48. The van der Waals surface area contributed by atoms with Crippen molar-refractivity contribution in [3.63, 3.8) is 0 Å². The number of carboxylic acid groups (broad SMARTS) is 1. The molecule has 4 rings (SSSR count). The van der Waals surface area contributed by atoms with Gasteiger partial charge in [-0.25, -0.2) is 19.2 Å². The van der Waals surface area contributed by atoms with Gasteiger partial charge in [-0.15, -0.1) is 0 Å². The number of carbonyl (C=O) groups is 4. The normalized spacial score (nSPS) is 20.3. The number of rotatable bonds is 10. The second-order valence-corrected chi connectivity index (χ2v) is 9.75. The zero-order valence-corrected chi connectivity index (χ0v) is 24.0. The van der Waals surface area contributed by atoms with Crippen molar-refractivity contribution in [2.75, 3.05) is 10.6 Å². The third kappa shape index (κ3) is 9.58. The Balaban J connectivity index is 1.17. The number of ether oxygens (including phenoxy) is 5. The van der Waals surface area contributed by atoms with E-state index in [1.165, 1.54) is 48.5 Å². The Kier molecular flexibility index (Phi) is 11.2. The Morgan fingerprint density at radius 2 is 1.28 bits per heavy atom. The van der Waals surface area contributed by atoms with E-state index >= 15 is 0 Å². The molecule has 5 unspecified atom stereocenters. The van der Waals surface area contributed by atoms with E-state index in [1.54, 1.807) is 24.3 Å². The second-order valence-electron chi connectivity index (χ2n) is 9.75. The summed E-state index contributed by atoms with van der Waals surface area (Å²) < 4.78 is 24.9. The van der Waals surface area contributed by atoms with Crippen LogP contribution in [0, 0.1) is 10.1 Å². The van der Waals surface area contributed by atoms with E-state index in [9.17, 15) is 44.6 Å². The number of nitro groups is 1. The highest BCUT2D eigenvalue weighted by Crippen LogP contribution is 2.23. The highest BCUT2D eigenvalue weighted by molar-refractivity contribution is 5.85. The minimum Gasteiger partial charge on any atom is -0.479 e. The minimum absolute atomic E-state index is 0.0709. The number of carboxylic acids is 1. The lowest BCUT2D eigenvalue weighted by Gasteiger charge is -2.37. The van der Waals surface area contributed by atoms with Crippen molar-refractivity contribution < 1.29 is 68.2 Å². The van der Waals surface area contributed by atoms with Gasteiger partial charge in [-0.05, 0) is 47.5 Å². The third-order valence-corrected chi connectivity index (χ3v) is 6.41. The number of aliphatic hydroxyl groups excluding tert-OH is 3. The Labute approximate surface area is 264 Å². The lowest BCUT2D eigenvalue weighted by Crippen LogP contribution is -2.60. The summed E-state index contributed by atoms with van der Waals surface area (Å²) >= 11 is 0. The van der Waals surface area contributed by atoms with Crippen LogP contribution < -0.4 is 15.4 Å². The predicted molar refractivity (Wildman–Crippen MR) is 155 cm³/mol. The van der Waals surface area contributed by atoms with Crippen LogP contribution >= 0.6 is 0 Å². The number of carbonyl (C=O) groups excluding carboxylic acids is 3. The quantitative estimate of drug-likeness (QED) is 0.0601. The molecule has 6 N–H and O–H groups in total. The number of benzene rings is 3. The standard InChI is InChI=1S/C29H27N3O15/c33-21-22(34)24(25(36)37)46-26(23(21)35)47-28(39)31-18-7-1-15(2-8-18)13-43-27(38)30-17-5-3-16(4-6-17)14-44-29(40)45-20-11-9-19(10-12-20)32(41)42/h1-12,21-24,26,33-35H,13-14H2,(H,30,38)(H,31,39)(H,36,37). The van der Waals surface area contributed by atoms with Crippen molar-refractivity contribution >= 4 is 41.4 Å². The first-order valence-corrected chi connectivity index (χ1v) is 13.5. The first-order chi connectivity index (χ1) is 22.4. The fourth-order valence-electron chi connectivity index (χ4n) is 3.98. The molecule has 47 heavy (non-hydrogen) atoms. The fourth-order valence-corrected chi connectivity index (χ4v) is 3.98. The van der Waals surface area contributed by atoms with Crippen molar-refractivity contribution in [2.45, 2.75) is 43.9 Å². The molecule has 5 atom stereocenters. The first-order valence-electron chi connectivity index (χ1n) is 13.5. The molecule has 0 spiro atoms. The van der Waals surface area contributed by atoms with Gasteiger partial charge in [0, 0.05) is 23.5 Å². The molecule has 18 nitrogen and oxygen atoms in total. The second kappa shape index (κ2) is 15.5. The van der Waals surface area contributed by atoms with Crippen LogP contribution in [0.5, 0.6) is 5.75 Å². The topological polar surface area (TPSA) is 263 Å². The minimum atomic E-state index is -1.94. The number of nitrogens with zero attached hydrogens (tertiary/aromatic N) is 1. The number of hydrogen-bond donors (Lipinski definition) is 6. The van der Waals surface area contributed by atoms with Crippen LogP contribution in [-0.2, 0) is 37.0 Å². The average molecular weight is 658 g/mol. The summed E-state index contributed by atoms with van der Waals surface area (Å²) in [6.45, 7) is -0.286. The first kappa shape index (κ1) is 34.1. The predicted octanol–water partition coefficient (Wildman–Crippen LogP) is 2.50. The Bertz CT molecular complexity index is 1580. The average Bonchev–Trinajstić information content (AvgIpc) is 3.04. The Morgan fingerprint density at radius 3 is 1.81 bits per heavy atom. The number of amides is 2. The van der Waals surface area contributed by atoms with Crippen LogP contribution in [-0.4, -0.2) is 80.4 Å². The fraction of sp³-hybridized carbons (Fsp3) is 0.241. The molecule has 0 radical (unpaired) electrons.